The van der Waals surface area contributed by atoms with Gasteiger partial charge in [0.2, 0.25) is 0 Å². The molecule has 0 atom stereocenters. The fraction of sp³-hybridized carbons (Fsp3) is 0. The molecule has 1 aromatic carbocycles. The third-order valence-electron chi connectivity index (χ3n) is 1.80. The van der Waals surface area contributed by atoms with Crippen LogP contribution in [0, 0.1) is 0 Å². The second-order valence-electron chi connectivity index (χ2n) is 2.84. The Morgan fingerprint density at radius 1 is 1.27 bits per heavy atom. The van der Waals surface area contributed by atoms with Gasteiger partial charge in [-0.15, -0.1) is 0 Å². The monoisotopic (exact) mass is 226 g/mol. The molecule has 1 heterocycles. The minimum atomic E-state index is -4.44. The zero-order valence-corrected chi connectivity index (χ0v) is 8.14. The normalized spacial score (nSPS) is 11.8. The van der Waals surface area contributed by atoms with Crippen LogP contribution in [0.25, 0.3) is 10.9 Å². The first-order valence-electron chi connectivity index (χ1n) is 3.91. The standard InChI is InChI=1S/C8H6N2O4S/c11-6-3-1-2-5-4-9-8(10-7(5)6)15(12,13)14/h1-4,11H,(H,12,13,14). The molecule has 6 nitrogen and oxygen atoms in total. The van der Waals surface area contributed by atoms with Crippen LogP contribution in [-0.4, -0.2) is 28.0 Å². The lowest BCUT2D eigenvalue weighted by Gasteiger charge is -2.00. The smallest absolute Gasteiger partial charge is 0.330 e. The number of rotatable bonds is 1. The second kappa shape index (κ2) is 3.14. The number of para-hydroxylation sites is 1. The van der Waals surface area contributed by atoms with Gasteiger partial charge in [0.15, 0.2) is 0 Å². The summed E-state index contributed by atoms with van der Waals surface area (Å²) < 4.78 is 30.2. The lowest BCUT2D eigenvalue weighted by Crippen LogP contribution is -2.04. The molecule has 2 aromatic rings. The predicted molar refractivity (Wildman–Crippen MR) is 51.0 cm³/mol. The van der Waals surface area contributed by atoms with Crippen LogP contribution in [0.4, 0.5) is 0 Å². The molecular formula is C8H6N2O4S. The minimum absolute atomic E-state index is 0.0834. The van der Waals surface area contributed by atoms with Gasteiger partial charge in [0, 0.05) is 11.6 Å². The van der Waals surface area contributed by atoms with E-state index < -0.39 is 15.3 Å². The molecule has 0 amide bonds. The highest BCUT2D eigenvalue weighted by Crippen LogP contribution is 2.21. The third kappa shape index (κ3) is 1.74. The van der Waals surface area contributed by atoms with Crippen LogP contribution in [0.3, 0.4) is 0 Å². The van der Waals surface area contributed by atoms with Gasteiger partial charge in [-0.2, -0.15) is 8.42 Å². The summed E-state index contributed by atoms with van der Waals surface area (Å²) in [4.78, 5) is 7.01. The molecule has 0 bridgehead atoms. The average molecular weight is 226 g/mol. The predicted octanol–water partition coefficient (Wildman–Crippen LogP) is 0.582. The van der Waals surface area contributed by atoms with Gasteiger partial charge in [-0.1, -0.05) is 12.1 Å². The van der Waals surface area contributed by atoms with Crippen LogP contribution in [0.1, 0.15) is 0 Å². The fourth-order valence-corrected chi connectivity index (χ4v) is 1.54. The van der Waals surface area contributed by atoms with Crippen molar-refractivity contribution in [2.45, 2.75) is 5.16 Å². The first-order chi connectivity index (χ1) is 6.98. The van der Waals surface area contributed by atoms with Crippen molar-refractivity contribution in [3.8, 4) is 5.75 Å². The van der Waals surface area contributed by atoms with Gasteiger partial charge < -0.3 is 5.11 Å². The first-order valence-corrected chi connectivity index (χ1v) is 5.35. The quantitative estimate of drug-likeness (QED) is 0.545. The number of aromatic hydroxyl groups is 1. The summed E-state index contributed by atoms with van der Waals surface area (Å²) >= 11 is 0. The largest absolute Gasteiger partial charge is 0.506 e. The number of fused-ring (bicyclic) bond motifs is 1. The topological polar surface area (TPSA) is 100 Å². The molecule has 0 aliphatic heterocycles. The van der Waals surface area contributed by atoms with E-state index in [0.29, 0.717) is 5.39 Å². The highest BCUT2D eigenvalue weighted by atomic mass is 32.2. The molecule has 15 heavy (non-hydrogen) atoms. The van der Waals surface area contributed by atoms with Gasteiger partial charge in [-0.3, -0.25) is 4.55 Å². The third-order valence-corrected chi connectivity index (χ3v) is 2.46. The zero-order chi connectivity index (χ0) is 11.1. The minimum Gasteiger partial charge on any atom is -0.506 e. The molecule has 0 saturated heterocycles. The maximum Gasteiger partial charge on any atom is 0.330 e. The van der Waals surface area contributed by atoms with Crippen LogP contribution in [0.2, 0.25) is 0 Å². The van der Waals surface area contributed by atoms with Crippen molar-refractivity contribution in [2.75, 3.05) is 0 Å². The van der Waals surface area contributed by atoms with Crippen LogP contribution in [0.5, 0.6) is 5.75 Å². The number of phenolic OH excluding ortho intramolecular Hbond substituents is 1. The molecule has 0 saturated carbocycles. The first kappa shape index (κ1) is 9.81. The van der Waals surface area contributed by atoms with E-state index >= 15 is 0 Å². The van der Waals surface area contributed by atoms with Crippen molar-refractivity contribution in [3.63, 3.8) is 0 Å². The molecule has 2 N–H and O–H groups in total. The Labute approximate surface area is 85.0 Å². The summed E-state index contributed by atoms with van der Waals surface area (Å²) in [5, 5.41) is 9.16. The van der Waals surface area contributed by atoms with Gasteiger partial charge in [-0.05, 0) is 6.07 Å². The summed E-state index contributed by atoms with van der Waals surface area (Å²) in [6, 6.07) is 4.56. The Bertz CT molecular complexity index is 624. The van der Waals surface area contributed by atoms with E-state index in [9.17, 15) is 13.5 Å². The summed E-state index contributed by atoms with van der Waals surface area (Å²) in [6.45, 7) is 0. The molecule has 1 aromatic heterocycles. The lowest BCUT2D eigenvalue weighted by molar-refractivity contribution is 0.472. The maximum atomic E-state index is 10.7. The van der Waals surface area contributed by atoms with Crippen LogP contribution in [-0.2, 0) is 10.1 Å². The SMILES string of the molecule is O=S(=O)(O)c1ncc2cccc(O)c2n1. The average Bonchev–Trinajstić information content (AvgIpc) is 2.16. The van der Waals surface area contributed by atoms with E-state index in [-0.39, 0.29) is 11.3 Å². The Morgan fingerprint density at radius 2 is 2.00 bits per heavy atom. The Balaban J connectivity index is 2.81. The van der Waals surface area contributed by atoms with E-state index in [0.717, 1.165) is 0 Å². The van der Waals surface area contributed by atoms with Gasteiger partial charge >= 0.3 is 10.1 Å². The van der Waals surface area contributed by atoms with Gasteiger partial charge in [0.1, 0.15) is 11.3 Å². The van der Waals surface area contributed by atoms with E-state index in [4.69, 9.17) is 4.55 Å². The molecule has 0 unspecified atom stereocenters. The van der Waals surface area contributed by atoms with E-state index in [1.54, 1.807) is 12.1 Å². The van der Waals surface area contributed by atoms with Crippen molar-refractivity contribution >= 4 is 21.0 Å². The van der Waals surface area contributed by atoms with Crippen molar-refractivity contribution in [3.05, 3.63) is 24.4 Å². The highest BCUT2D eigenvalue weighted by molar-refractivity contribution is 7.85. The Hall–Kier alpha value is -1.73. The molecule has 0 aliphatic carbocycles. The molecule has 7 heteroatoms. The van der Waals surface area contributed by atoms with Gasteiger partial charge in [0.05, 0.1) is 0 Å². The number of hydrogen-bond donors (Lipinski definition) is 2. The van der Waals surface area contributed by atoms with Crippen LogP contribution >= 0.6 is 0 Å². The number of hydrogen-bond acceptors (Lipinski definition) is 5. The summed E-state index contributed by atoms with van der Waals surface area (Å²) in [6.07, 6.45) is 1.21. The molecule has 78 valence electrons. The maximum absolute atomic E-state index is 10.7. The second-order valence-corrected chi connectivity index (χ2v) is 4.16. The Kier molecular flexibility index (Phi) is 2.06. The van der Waals surface area contributed by atoms with Crippen molar-refractivity contribution in [1.82, 2.24) is 9.97 Å². The molecule has 0 radical (unpaired) electrons. The lowest BCUT2D eigenvalue weighted by atomic mass is 10.2. The Morgan fingerprint density at radius 3 is 2.67 bits per heavy atom. The number of nitrogens with zero attached hydrogens (tertiary/aromatic N) is 2. The number of benzene rings is 1. The number of phenols is 1. The molecule has 2 rings (SSSR count). The molecule has 0 fully saturated rings. The van der Waals surface area contributed by atoms with Crippen molar-refractivity contribution in [1.29, 1.82) is 0 Å². The zero-order valence-electron chi connectivity index (χ0n) is 7.32. The van der Waals surface area contributed by atoms with Crippen LogP contribution in [0.15, 0.2) is 29.6 Å². The van der Waals surface area contributed by atoms with Crippen LogP contribution < -0.4 is 0 Å². The van der Waals surface area contributed by atoms with Crippen molar-refractivity contribution < 1.29 is 18.1 Å². The molecule has 0 aliphatic rings. The van der Waals surface area contributed by atoms with Crippen molar-refractivity contribution in [2.24, 2.45) is 0 Å². The highest BCUT2D eigenvalue weighted by Gasteiger charge is 2.14. The van der Waals surface area contributed by atoms with E-state index in [1.807, 2.05) is 0 Å². The summed E-state index contributed by atoms with van der Waals surface area (Å²) in [5.74, 6) is -0.167. The molecule has 0 spiro atoms. The summed E-state index contributed by atoms with van der Waals surface area (Å²) in [7, 11) is -4.44. The van der Waals surface area contributed by atoms with E-state index in [1.165, 1.54) is 12.3 Å². The van der Waals surface area contributed by atoms with E-state index in [2.05, 4.69) is 9.97 Å². The van der Waals surface area contributed by atoms with Gasteiger partial charge in [-0.25, -0.2) is 9.97 Å². The molecular weight excluding hydrogens is 220 g/mol. The number of aromatic nitrogens is 2. The summed E-state index contributed by atoms with van der Waals surface area (Å²) in [5.41, 5.74) is 0.0834. The van der Waals surface area contributed by atoms with Gasteiger partial charge in [0.25, 0.3) is 5.16 Å². The fourth-order valence-electron chi connectivity index (χ4n) is 1.15.